The fraction of sp³-hybridized carbons (Fsp3) is 0.259. The van der Waals surface area contributed by atoms with Crippen LogP contribution in [0.5, 0.6) is 0 Å². The SMILES string of the molecule is C=CCCc1ccc(C(F)=C(F)c2ccc3cc(CCCCC)ccc3c2)cc1. The Morgan fingerprint density at radius 1 is 0.759 bits per heavy atom. The van der Waals surface area contributed by atoms with Crippen LogP contribution in [0.4, 0.5) is 8.78 Å². The minimum absolute atomic E-state index is 0.260. The van der Waals surface area contributed by atoms with E-state index in [9.17, 15) is 8.78 Å². The monoisotopic (exact) mass is 390 g/mol. The Morgan fingerprint density at radius 3 is 2.10 bits per heavy atom. The Balaban J connectivity index is 1.82. The van der Waals surface area contributed by atoms with Crippen LogP contribution >= 0.6 is 0 Å². The smallest absolute Gasteiger partial charge is 0.166 e. The molecule has 3 aromatic carbocycles. The molecule has 29 heavy (non-hydrogen) atoms. The molecule has 0 fully saturated rings. The summed E-state index contributed by atoms with van der Waals surface area (Å²) in [6, 6.07) is 18.4. The number of fused-ring (bicyclic) bond motifs is 1. The lowest BCUT2D eigenvalue weighted by Crippen LogP contribution is -1.89. The largest absolute Gasteiger partial charge is 0.203 e. The van der Waals surface area contributed by atoms with Crippen molar-refractivity contribution in [3.8, 4) is 0 Å². The van der Waals surface area contributed by atoms with Gasteiger partial charge in [0.2, 0.25) is 0 Å². The second-order valence-electron chi connectivity index (χ2n) is 7.51. The summed E-state index contributed by atoms with van der Waals surface area (Å²) in [5.41, 5.74) is 2.90. The number of benzene rings is 3. The summed E-state index contributed by atoms with van der Waals surface area (Å²) in [6.07, 6.45) is 8.22. The van der Waals surface area contributed by atoms with E-state index in [2.05, 4.69) is 25.6 Å². The van der Waals surface area contributed by atoms with Crippen LogP contribution in [0, 0.1) is 0 Å². The van der Waals surface area contributed by atoms with Crippen LogP contribution in [0.2, 0.25) is 0 Å². The van der Waals surface area contributed by atoms with E-state index in [-0.39, 0.29) is 11.1 Å². The Morgan fingerprint density at radius 2 is 1.38 bits per heavy atom. The number of allylic oxidation sites excluding steroid dienone is 1. The molecule has 0 amide bonds. The standard InChI is InChI=1S/C27H28F2/c1-3-5-7-9-21-12-15-24-19-25(17-16-23(24)18-21)27(29)26(28)22-13-10-20(11-14-22)8-6-4-2/h4,10-19H,2-3,5-9H2,1H3. The fourth-order valence-corrected chi connectivity index (χ4v) is 3.51. The molecule has 0 aromatic heterocycles. The van der Waals surface area contributed by atoms with Crippen molar-refractivity contribution in [2.24, 2.45) is 0 Å². The van der Waals surface area contributed by atoms with Crippen molar-refractivity contribution in [2.45, 2.75) is 45.4 Å². The summed E-state index contributed by atoms with van der Waals surface area (Å²) >= 11 is 0. The van der Waals surface area contributed by atoms with Crippen LogP contribution in [-0.2, 0) is 12.8 Å². The van der Waals surface area contributed by atoms with Gasteiger partial charge in [0.1, 0.15) is 0 Å². The van der Waals surface area contributed by atoms with E-state index < -0.39 is 11.7 Å². The zero-order chi connectivity index (χ0) is 20.6. The predicted octanol–water partition coefficient (Wildman–Crippen LogP) is 8.46. The quantitative estimate of drug-likeness (QED) is 0.195. The number of hydrogen-bond acceptors (Lipinski definition) is 0. The van der Waals surface area contributed by atoms with Crippen molar-refractivity contribution in [1.82, 2.24) is 0 Å². The van der Waals surface area contributed by atoms with Gasteiger partial charge < -0.3 is 0 Å². The molecular weight excluding hydrogens is 362 g/mol. The second kappa shape index (κ2) is 10.2. The first-order valence-corrected chi connectivity index (χ1v) is 10.4. The highest BCUT2D eigenvalue weighted by molar-refractivity contribution is 5.90. The summed E-state index contributed by atoms with van der Waals surface area (Å²) in [5.74, 6) is -1.64. The molecule has 0 spiro atoms. The van der Waals surface area contributed by atoms with Crippen molar-refractivity contribution in [1.29, 1.82) is 0 Å². The van der Waals surface area contributed by atoms with Gasteiger partial charge in [0.15, 0.2) is 11.7 Å². The lowest BCUT2D eigenvalue weighted by Gasteiger charge is -2.07. The minimum Gasteiger partial charge on any atom is -0.203 e. The maximum absolute atomic E-state index is 14.8. The number of halogens is 2. The Kier molecular flexibility index (Phi) is 7.35. The molecule has 0 saturated heterocycles. The first kappa shape index (κ1) is 21.0. The van der Waals surface area contributed by atoms with E-state index in [4.69, 9.17) is 0 Å². The van der Waals surface area contributed by atoms with Crippen molar-refractivity contribution in [3.05, 3.63) is 95.6 Å². The van der Waals surface area contributed by atoms with Crippen LogP contribution in [-0.4, -0.2) is 0 Å². The second-order valence-corrected chi connectivity index (χ2v) is 7.51. The van der Waals surface area contributed by atoms with Crippen LogP contribution in [0.1, 0.15) is 54.9 Å². The normalized spacial score (nSPS) is 12.1. The minimum atomic E-state index is -0.823. The molecule has 0 bridgehead atoms. The zero-order valence-electron chi connectivity index (χ0n) is 17.1. The third-order valence-corrected chi connectivity index (χ3v) is 5.26. The average molecular weight is 391 g/mol. The molecule has 0 aliphatic rings. The molecule has 3 rings (SSSR count). The van der Waals surface area contributed by atoms with E-state index in [0.29, 0.717) is 0 Å². The molecule has 0 unspecified atom stereocenters. The molecule has 0 atom stereocenters. The summed E-state index contributed by atoms with van der Waals surface area (Å²) in [7, 11) is 0. The molecular formula is C27H28F2. The van der Waals surface area contributed by atoms with E-state index in [1.807, 2.05) is 30.3 Å². The molecule has 0 saturated carbocycles. The van der Waals surface area contributed by atoms with E-state index in [1.165, 1.54) is 24.8 Å². The fourth-order valence-electron chi connectivity index (χ4n) is 3.51. The molecule has 0 heterocycles. The zero-order valence-corrected chi connectivity index (χ0v) is 17.1. The van der Waals surface area contributed by atoms with Gasteiger partial charge in [0, 0.05) is 11.1 Å². The summed E-state index contributed by atoms with van der Waals surface area (Å²) in [6.45, 7) is 5.90. The number of rotatable bonds is 9. The highest BCUT2D eigenvalue weighted by atomic mass is 19.2. The Hall–Kier alpha value is -2.74. The lowest BCUT2D eigenvalue weighted by atomic mass is 10.00. The average Bonchev–Trinajstić information content (AvgIpc) is 2.77. The maximum Gasteiger partial charge on any atom is 0.166 e. The van der Waals surface area contributed by atoms with Gasteiger partial charge in [0.05, 0.1) is 0 Å². The van der Waals surface area contributed by atoms with Crippen molar-refractivity contribution < 1.29 is 8.78 Å². The molecule has 150 valence electrons. The number of unbranched alkanes of at least 4 members (excludes halogenated alkanes) is 2. The van der Waals surface area contributed by atoms with Gasteiger partial charge in [0.25, 0.3) is 0 Å². The van der Waals surface area contributed by atoms with Crippen molar-refractivity contribution in [3.63, 3.8) is 0 Å². The first-order valence-electron chi connectivity index (χ1n) is 10.4. The van der Waals surface area contributed by atoms with Gasteiger partial charge in [-0.1, -0.05) is 80.4 Å². The predicted molar refractivity (Wildman–Crippen MR) is 121 cm³/mol. The van der Waals surface area contributed by atoms with Gasteiger partial charge in [-0.2, -0.15) is 0 Å². The van der Waals surface area contributed by atoms with Crippen molar-refractivity contribution >= 4 is 22.4 Å². The third-order valence-electron chi connectivity index (χ3n) is 5.26. The first-order chi connectivity index (χ1) is 14.1. The van der Waals surface area contributed by atoms with E-state index in [1.54, 1.807) is 24.3 Å². The molecule has 3 aromatic rings. The molecule has 0 N–H and O–H groups in total. The summed E-state index contributed by atoms with van der Waals surface area (Å²) in [5, 5.41) is 1.98. The van der Waals surface area contributed by atoms with Crippen LogP contribution < -0.4 is 0 Å². The molecule has 0 aliphatic carbocycles. The lowest BCUT2D eigenvalue weighted by molar-refractivity contribution is 0.700. The van der Waals surface area contributed by atoms with Gasteiger partial charge in [-0.3, -0.25) is 0 Å². The Labute approximate surface area is 172 Å². The summed E-state index contributed by atoms with van der Waals surface area (Å²) in [4.78, 5) is 0. The highest BCUT2D eigenvalue weighted by Gasteiger charge is 2.12. The third kappa shape index (κ3) is 5.41. The van der Waals surface area contributed by atoms with E-state index in [0.717, 1.165) is 35.6 Å². The van der Waals surface area contributed by atoms with Crippen molar-refractivity contribution in [2.75, 3.05) is 0 Å². The summed E-state index contributed by atoms with van der Waals surface area (Å²) < 4.78 is 29.5. The number of aryl methyl sites for hydroxylation is 2. The topological polar surface area (TPSA) is 0 Å². The van der Waals surface area contributed by atoms with Gasteiger partial charge in [-0.15, -0.1) is 6.58 Å². The van der Waals surface area contributed by atoms with Crippen LogP contribution in [0.25, 0.3) is 22.4 Å². The molecule has 0 radical (unpaired) electrons. The van der Waals surface area contributed by atoms with Crippen LogP contribution in [0.3, 0.4) is 0 Å². The van der Waals surface area contributed by atoms with Crippen LogP contribution in [0.15, 0.2) is 73.3 Å². The Bertz CT molecular complexity index is 997. The molecule has 0 nitrogen and oxygen atoms in total. The van der Waals surface area contributed by atoms with Gasteiger partial charge >= 0.3 is 0 Å². The molecule has 0 aliphatic heterocycles. The maximum atomic E-state index is 14.8. The van der Waals surface area contributed by atoms with Gasteiger partial charge in [-0.05, 0) is 53.6 Å². The highest BCUT2D eigenvalue weighted by Crippen LogP contribution is 2.31. The number of hydrogen-bond donors (Lipinski definition) is 0. The van der Waals surface area contributed by atoms with Gasteiger partial charge in [-0.25, -0.2) is 8.78 Å². The van der Waals surface area contributed by atoms with E-state index >= 15 is 0 Å². The molecule has 2 heteroatoms.